The molecule has 1 aliphatic rings. The van der Waals surface area contributed by atoms with E-state index in [4.69, 9.17) is 21.1 Å². The lowest BCUT2D eigenvalue weighted by atomic mass is 9.95. The van der Waals surface area contributed by atoms with E-state index in [0.717, 1.165) is 41.6 Å². The summed E-state index contributed by atoms with van der Waals surface area (Å²) >= 11 is 6.08. The number of halogens is 1. The van der Waals surface area contributed by atoms with E-state index in [2.05, 4.69) is 24.0 Å². The highest BCUT2D eigenvalue weighted by Crippen LogP contribution is 2.44. The van der Waals surface area contributed by atoms with Crippen molar-refractivity contribution in [2.75, 3.05) is 20.3 Å². The minimum atomic E-state index is -0.263. The van der Waals surface area contributed by atoms with Gasteiger partial charge >= 0.3 is 0 Å². The number of methoxy groups -OCH3 is 1. The predicted molar refractivity (Wildman–Crippen MR) is 126 cm³/mol. The molecule has 0 saturated carbocycles. The number of carbonyl (C=O) groups is 1. The highest BCUT2D eigenvalue weighted by Gasteiger charge is 2.42. The molecular formula is C25H28ClN3O3. The van der Waals surface area contributed by atoms with E-state index in [1.165, 1.54) is 0 Å². The van der Waals surface area contributed by atoms with Gasteiger partial charge in [0.1, 0.15) is 5.69 Å². The van der Waals surface area contributed by atoms with Gasteiger partial charge in [-0.1, -0.05) is 50.1 Å². The molecule has 2 aromatic carbocycles. The average molecular weight is 454 g/mol. The van der Waals surface area contributed by atoms with Crippen LogP contribution in [0.15, 0.2) is 42.5 Å². The van der Waals surface area contributed by atoms with Gasteiger partial charge in [0.25, 0.3) is 5.91 Å². The Hall–Kier alpha value is -2.99. The number of aromatic amines is 1. The van der Waals surface area contributed by atoms with Crippen LogP contribution < -0.4 is 9.47 Å². The Balaban J connectivity index is 1.78. The Labute approximate surface area is 193 Å². The summed E-state index contributed by atoms with van der Waals surface area (Å²) in [5.41, 5.74) is 4.05. The van der Waals surface area contributed by atoms with Crippen LogP contribution in [0, 0.1) is 0 Å². The third-order valence-corrected chi connectivity index (χ3v) is 5.96. The maximum Gasteiger partial charge on any atom is 0.273 e. The van der Waals surface area contributed by atoms with Crippen LogP contribution in [0.2, 0.25) is 5.02 Å². The predicted octanol–water partition coefficient (Wildman–Crippen LogP) is 5.87. The van der Waals surface area contributed by atoms with Crippen molar-refractivity contribution in [1.82, 2.24) is 15.1 Å². The van der Waals surface area contributed by atoms with Gasteiger partial charge in [0.2, 0.25) is 0 Å². The number of amides is 1. The smallest absolute Gasteiger partial charge is 0.273 e. The van der Waals surface area contributed by atoms with E-state index in [1.807, 2.05) is 47.4 Å². The van der Waals surface area contributed by atoms with Crippen molar-refractivity contribution >= 4 is 17.5 Å². The normalized spacial score (nSPS) is 15.2. The number of H-pyrrole nitrogens is 1. The lowest BCUT2D eigenvalue weighted by molar-refractivity contribution is 0.0743. The number of hydrogen-bond donors (Lipinski definition) is 1. The van der Waals surface area contributed by atoms with Gasteiger partial charge in [-0.15, -0.1) is 0 Å². The quantitative estimate of drug-likeness (QED) is 0.411. The highest BCUT2D eigenvalue weighted by atomic mass is 35.5. The Morgan fingerprint density at radius 3 is 2.56 bits per heavy atom. The Morgan fingerprint density at radius 1 is 1.09 bits per heavy atom. The van der Waals surface area contributed by atoms with Crippen LogP contribution >= 0.6 is 11.6 Å². The fourth-order valence-corrected chi connectivity index (χ4v) is 4.27. The molecular weight excluding hydrogens is 426 g/mol. The molecule has 7 heteroatoms. The van der Waals surface area contributed by atoms with Crippen molar-refractivity contribution in [1.29, 1.82) is 0 Å². The van der Waals surface area contributed by atoms with E-state index in [9.17, 15) is 4.79 Å². The summed E-state index contributed by atoms with van der Waals surface area (Å²) < 4.78 is 11.5. The average Bonchev–Trinajstić information content (AvgIpc) is 3.34. The Morgan fingerprint density at radius 2 is 1.88 bits per heavy atom. The number of rotatable bonds is 9. The van der Waals surface area contributed by atoms with E-state index >= 15 is 0 Å². The van der Waals surface area contributed by atoms with Crippen LogP contribution in [-0.4, -0.2) is 41.3 Å². The topological polar surface area (TPSA) is 67.5 Å². The fourth-order valence-electron chi connectivity index (χ4n) is 4.14. The van der Waals surface area contributed by atoms with Gasteiger partial charge in [0.15, 0.2) is 11.5 Å². The first-order valence-corrected chi connectivity index (χ1v) is 11.4. The van der Waals surface area contributed by atoms with Crippen LogP contribution in [0.3, 0.4) is 0 Å². The highest BCUT2D eigenvalue weighted by molar-refractivity contribution is 6.30. The van der Waals surface area contributed by atoms with E-state index < -0.39 is 0 Å². The Kier molecular flexibility index (Phi) is 6.70. The van der Waals surface area contributed by atoms with Crippen LogP contribution in [0.1, 0.15) is 60.8 Å². The molecule has 0 spiro atoms. The van der Waals surface area contributed by atoms with Crippen molar-refractivity contribution in [2.45, 2.75) is 39.2 Å². The van der Waals surface area contributed by atoms with Crippen molar-refractivity contribution < 1.29 is 14.3 Å². The zero-order valence-corrected chi connectivity index (χ0v) is 19.4. The first kappa shape index (κ1) is 22.2. The molecule has 32 heavy (non-hydrogen) atoms. The van der Waals surface area contributed by atoms with E-state index in [1.54, 1.807) is 7.11 Å². The van der Waals surface area contributed by atoms with Crippen molar-refractivity contribution in [3.05, 3.63) is 64.3 Å². The molecule has 0 aliphatic carbocycles. The van der Waals surface area contributed by atoms with Crippen molar-refractivity contribution in [3.8, 4) is 22.8 Å². The number of ether oxygens (including phenoxy) is 2. The van der Waals surface area contributed by atoms with Crippen LogP contribution in [-0.2, 0) is 0 Å². The number of aromatic nitrogens is 2. The molecule has 1 aliphatic heterocycles. The molecule has 1 unspecified atom stereocenters. The molecule has 0 fully saturated rings. The summed E-state index contributed by atoms with van der Waals surface area (Å²) in [6.45, 7) is 5.48. The summed E-state index contributed by atoms with van der Waals surface area (Å²) in [5.74, 6) is 1.33. The van der Waals surface area contributed by atoms with E-state index in [-0.39, 0.29) is 11.9 Å². The van der Waals surface area contributed by atoms with Crippen LogP contribution in [0.5, 0.6) is 11.5 Å². The second kappa shape index (κ2) is 9.65. The molecule has 1 N–H and O–H groups in total. The lowest BCUT2D eigenvalue weighted by Crippen LogP contribution is -2.30. The monoisotopic (exact) mass is 453 g/mol. The molecule has 4 rings (SSSR count). The van der Waals surface area contributed by atoms with Crippen LogP contribution in [0.4, 0.5) is 0 Å². The maximum atomic E-state index is 13.2. The van der Waals surface area contributed by atoms with E-state index in [0.29, 0.717) is 35.4 Å². The summed E-state index contributed by atoms with van der Waals surface area (Å²) in [5, 5.41) is 8.14. The summed E-state index contributed by atoms with van der Waals surface area (Å²) in [6, 6.07) is 13.2. The maximum absolute atomic E-state index is 13.2. The number of nitrogens with zero attached hydrogens (tertiary/aromatic N) is 2. The standard InChI is InChI=1S/C25H28ClN3O3/c1-4-6-14-32-19-12-9-17(15-20(19)31-3)24-21-22(16-7-10-18(26)11-8-16)27-28-23(21)25(30)29(24)13-5-2/h7-12,15,24H,4-6,13-14H2,1-3H3,(H,27,28). The minimum Gasteiger partial charge on any atom is -0.493 e. The summed E-state index contributed by atoms with van der Waals surface area (Å²) in [7, 11) is 1.64. The first-order chi connectivity index (χ1) is 15.6. The molecule has 1 aromatic heterocycles. The molecule has 6 nitrogen and oxygen atoms in total. The van der Waals surface area contributed by atoms with Gasteiger partial charge in [-0.3, -0.25) is 9.89 Å². The molecule has 3 aromatic rings. The molecule has 168 valence electrons. The third-order valence-electron chi connectivity index (χ3n) is 5.70. The number of fused-ring (bicyclic) bond motifs is 1. The third kappa shape index (κ3) is 4.07. The molecule has 2 heterocycles. The second-order valence-electron chi connectivity index (χ2n) is 7.88. The zero-order valence-electron chi connectivity index (χ0n) is 18.7. The van der Waals surface area contributed by atoms with Gasteiger partial charge in [-0.2, -0.15) is 5.10 Å². The molecule has 0 bridgehead atoms. The minimum absolute atomic E-state index is 0.0400. The summed E-state index contributed by atoms with van der Waals surface area (Å²) in [6.07, 6.45) is 2.90. The number of carbonyl (C=O) groups excluding carboxylic acids is 1. The van der Waals surface area contributed by atoms with Crippen molar-refractivity contribution in [3.63, 3.8) is 0 Å². The second-order valence-corrected chi connectivity index (χ2v) is 8.32. The zero-order chi connectivity index (χ0) is 22.7. The molecule has 0 radical (unpaired) electrons. The summed E-state index contributed by atoms with van der Waals surface area (Å²) in [4.78, 5) is 15.1. The first-order valence-electron chi connectivity index (χ1n) is 11.0. The van der Waals surface area contributed by atoms with Gasteiger partial charge in [-0.25, -0.2) is 0 Å². The van der Waals surface area contributed by atoms with Gasteiger partial charge in [0.05, 0.1) is 25.5 Å². The Bertz CT molecular complexity index is 1090. The van der Waals surface area contributed by atoms with Gasteiger partial charge in [-0.05, 0) is 42.7 Å². The van der Waals surface area contributed by atoms with Gasteiger partial charge < -0.3 is 14.4 Å². The molecule has 0 saturated heterocycles. The van der Waals surface area contributed by atoms with Crippen molar-refractivity contribution in [2.24, 2.45) is 0 Å². The largest absolute Gasteiger partial charge is 0.493 e. The van der Waals surface area contributed by atoms with Crippen LogP contribution in [0.25, 0.3) is 11.3 Å². The number of nitrogens with one attached hydrogen (secondary N) is 1. The molecule has 1 atom stereocenters. The number of unbranched alkanes of at least 4 members (excludes halogenated alkanes) is 1. The molecule has 1 amide bonds. The fraction of sp³-hybridized carbons (Fsp3) is 0.360. The van der Waals surface area contributed by atoms with Gasteiger partial charge in [0, 0.05) is 22.7 Å². The SMILES string of the molecule is CCCCOc1ccc(C2c3c(-c4ccc(Cl)cc4)n[nH]c3C(=O)N2CCC)cc1OC. The number of hydrogen-bond acceptors (Lipinski definition) is 4. The lowest BCUT2D eigenvalue weighted by Gasteiger charge is -2.26. The number of benzene rings is 2.